The number of pyridine rings is 1. The standard InChI is InChI=1S/C18H23N5O2/c1-23(12-13-4-3-5-15(10-13)25-2)18(24)20-17-11-16(21-22-17)14-6-8-19-9-7-14/h3-10,16-17,21-22H,11-12H2,1-2H3,(H,20,24). The van der Waals surface area contributed by atoms with Crippen LogP contribution in [0.4, 0.5) is 4.79 Å². The molecule has 1 saturated heterocycles. The molecule has 132 valence electrons. The molecule has 25 heavy (non-hydrogen) atoms. The van der Waals surface area contributed by atoms with Gasteiger partial charge in [-0.2, -0.15) is 0 Å². The lowest BCUT2D eigenvalue weighted by molar-refractivity contribution is 0.201. The Morgan fingerprint density at radius 1 is 1.32 bits per heavy atom. The van der Waals surface area contributed by atoms with Gasteiger partial charge in [0.2, 0.25) is 0 Å². The summed E-state index contributed by atoms with van der Waals surface area (Å²) in [6, 6.07) is 11.7. The van der Waals surface area contributed by atoms with Crippen LogP contribution in [0.3, 0.4) is 0 Å². The molecule has 0 spiro atoms. The minimum absolute atomic E-state index is 0.126. The predicted octanol–water partition coefficient (Wildman–Crippen LogP) is 1.80. The van der Waals surface area contributed by atoms with Gasteiger partial charge in [0.25, 0.3) is 0 Å². The van der Waals surface area contributed by atoms with Crippen LogP contribution < -0.4 is 20.9 Å². The van der Waals surface area contributed by atoms with Gasteiger partial charge in [-0.05, 0) is 35.4 Å². The van der Waals surface area contributed by atoms with E-state index in [0.29, 0.717) is 6.54 Å². The first-order valence-electron chi connectivity index (χ1n) is 8.21. The third-order valence-corrected chi connectivity index (χ3v) is 4.21. The number of amides is 2. The number of carbonyl (C=O) groups excluding carboxylic acids is 1. The van der Waals surface area contributed by atoms with Gasteiger partial charge >= 0.3 is 6.03 Å². The second-order valence-corrected chi connectivity index (χ2v) is 6.07. The SMILES string of the molecule is COc1cccc(CN(C)C(=O)NC2CC(c3ccncc3)NN2)c1. The van der Waals surface area contributed by atoms with E-state index in [2.05, 4.69) is 21.2 Å². The van der Waals surface area contributed by atoms with Crippen LogP contribution in [-0.4, -0.2) is 36.2 Å². The summed E-state index contributed by atoms with van der Waals surface area (Å²) >= 11 is 0. The van der Waals surface area contributed by atoms with E-state index in [-0.39, 0.29) is 18.2 Å². The Morgan fingerprint density at radius 3 is 2.88 bits per heavy atom. The molecule has 0 radical (unpaired) electrons. The minimum atomic E-state index is -0.127. The van der Waals surface area contributed by atoms with E-state index in [1.807, 2.05) is 36.4 Å². The molecule has 1 aromatic carbocycles. The molecule has 0 bridgehead atoms. The van der Waals surface area contributed by atoms with Crippen molar-refractivity contribution in [2.45, 2.75) is 25.2 Å². The van der Waals surface area contributed by atoms with E-state index in [0.717, 1.165) is 23.3 Å². The van der Waals surface area contributed by atoms with Crippen molar-refractivity contribution < 1.29 is 9.53 Å². The van der Waals surface area contributed by atoms with Gasteiger partial charge in [-0.15, -0.1) is 0 Å². The number of hydrogen-bond donors (Lipinski definition) is 3. The first-order valence-corrected chi connectivity index (χ1v) is 8.21. The van der Waals surface area contributed by atoms with Crippen molar-refractivity contribution in [1.29, 1.82) is 0 Å². The van der Waals surface area contributed by atoms with E-state index in [1.54, 1.807) is 31.5 Å². The van der Waals surface area contributed by atoms with Crippen LogP contribution in [0.2, 0.25) is 0 Å². The van der Waals surface area contributed by atoms with Gasteiger partial charge in [-0.3, -0.25) is 4.98 Å². The highest BCUT2D eigenvalue weighted by Gasteiger charge is 2.26. The van der Waals surface area contributed by atoms with Crippen LogP contribution in [0.1, 0.15) is 23.6 Å². The molecule has 7 heteroatoms. The molecule has 1 aromatic heterocycles. The van der Waals surface area contributed by atoms with E-state index in [9.17, 15) is 4.79 Å². The first kappa shape index (κ1) is 17.2. The van der Waals surface area contributed by atoms with Crippen molar-refractivity contribution in [3.8, 4) is 5.75 Å². The summed E-state index contributed by atoms with van der Waals surface area (Å²) in [5.41, 5.74) is 8.49. The average Bonchev–Trinajstić information content (AvgIpc) is 3.11. The quantitative estimate of drug-likeness (QED) is 0.773. The van der Waals surface area contributed by atoms with Gasteiger partial charge in [0, 0.05) is 38.4 Å². The molecule has 2 amide bonds. The van der Waals surface area contributed by atoms with Crippen molar-refractivity contribution in [2.24, 2.45) is 0 Å². The van der Waals surface area contributed by atoms with E-state index < -0.39 is 0 Å². The van der Waals surface area contributed by atoms with Gasteiger partial charge in [-0.1, -0.05) is 12.1 Å². The summed E-state index contributed by atoms with van der Waals surface area (Å²) in [7, 11) is 3.41. The minimum Gasteiger partial charge on any atom is -0.497 e. The fraction of sp³-hybridized carbons (Fsp3) is 0.333. The summed E-state index contributed by atoms with van der Waals surface area (Å²) in [6.07, 6.45) is 4.18. The third-order valence-electron chi connectivity index (χ3n) is 4.21. The second kappa shape index (κ2) is 7.96. The molecule has 2 aromatic rings. The van der Waals surface area contributed by atoms with Crippen molar-refractivity contribution in [3.63, 3.8) is 0 Å². The molecule has 0 aliphatic carbocycles. The smallest absolute Gasteiger partial charge is 0.318 e. The maximum atomic E-state index is 12.4. The third kappa shape index (κ3) is 4.46. The number of aromatic nitrogens is 1. The lowest BCUT2D eigenvalue weighted by Gasteiger charge is -2.21. The molecule has 3 rings (SSSR count). The lowest BCUT2D eigenvalue weighted by Crippen LogP contribution is -2.48. The number of hydrazine groups is 1. The van der Waals surface area contributed by atoms with Crippen LogP contribution >= 0.6 is 0 Å². The van der Waals surface area contributed by atoms with Gasteiger partial charge in [0.1, 0.15) is 5.75 Å². The summed E-state index contributed by atoms with van der Waals surface area (Å²) in [5.74, 6) is 0.785. The fourth-order valence-corrected chi connectivity index (χ4v) is 2.84. The summed E-state index contributed by atoms with van der Waals surface area (Å²) in [5, 5.41) is 2.99. The predicted molar refractivity (Wildman–Crippen MR) is 94.6 cm³/mol. The van der Waals surface area contributed by atoms with Crippen LogP contribution in [0.25, 0.3) is 0 Å². The van der Waals surface area contributed by atoms with Crippen LogP contribution in [0.5, 0.6) is 5.75 Å². The number of carbonyl (C=O) groups is 1. The van der Waals surface area contributed by atoms with Crippen LogP contribution in [0, 0.1) is 0 Å². The number of hydrogen-bond acceptors (Lipinski definition) is 5. The zero-order chi connectivity index (χ0) is 17.6. The highest BCUT2D eigenvalue weighted by Crippen LogP contribution is 2.20. The van der Waals surface area contributed by atoms with Crippen molar-refractivity contribution in [3.05, 3.63) is 59.9 Å². The Balaban J connectivity index is 1.52. The molecule has 1 fully saturated rings. The molecule has 0 saturated carbocycles. The maximum Gasteiger partial charge on any atom is 0.318 e. The van der Waals surface area contributed by atoms with Gasteiger partial charge < -0.3 is 15.0 Å². The number of nitrogens with one attached hydrogen (secondary N) is 3. The van der Waals surface area contributed by atoms with Crippen LogP contribution in [0.15, 0.2) is 48.8 Å². The molecule has 2 heterocycles. The second-order valence-electron chi connectivity index (χ2n) is 6.07. The van der Waals surface area contributed by atoms with E-state index in [1.165, 1.54) is 0 Å². The molecular formula is C18H23N5O2. The largest absolute Gasteiger partial charge is 0.497 e. The normalized spacial score (nSPS) is 19.4. The Hall–Kier alpha value is -2.64. The molecular weight excluding hydrogens is 318 g/mol. The summed E-state index contributed by atoms with van der Waals surface area (Å²) in [6.45, 7) is 0.511. The van der Waals surface area contributed by atoms with E-state index >= 15 is 0 Å². The number of rotatable bonds is 5. The molecule has 1 aliphatic heterocycles. The molecule has 2 unspecified atom stereocenters. The monoisotopic (exact) mass is 341 g/mol. The highest BCUT2D eigenvalue weighted by atomic mass is 16.5. The highest BCUT2D eigenvalue weighted by molar-refractivity contribution is 5.74. The molecule has 2 atom stereocenters. The Labute approximate surface area is 147 Å². The fourth-order valence-electron chi connectivity index (χ4n) is 2.84. The topological polar surface area (TPSA) is 78.5 Å². The van der Waals surface area contributed by atoms with E-state index in [4.69, 9.17) is 4.74 Å². The van der Waals surface area contributed by atoms with Crippen molar-refractivity contribution in [1.82, 2.24) is 26.1 Å². The number of methoxy groups -OCH3 is 1. The molecule has 7 nitrogen and oxygen atoms in total. The average molecular weight is 341 g/mol. The number of nitrogens with zero attached hydrogens (tertiary/aromatic N) is 2. The lowest BCUT2D eigenvalue weighted by atomic mass is 10.1. The zero-order valence-electron chi connectivity index (χ0n) is 14.4. The number of benzene rings is 1. The Kier molecular flexibility index (Phi) is 5.47. The van der Waals surface area contributed by atoms with Crippen molar-refractivity contribution in [2.75, 3.05) is 14.2 Å². The van der Waals surface area contributed by atoms with Gasteiger partial charge in [0.15, 0.2) is 0 Å². The summed E-state index contributed by atoms with van der Waals surface area (Å²) in [4.78, 5) is 18.1. The van der Waals surface area contributed by atoms with Gasteiger partial charge in [-0.25, -0.2) is 15.6 Å². The Morgan fingerprint density at radius 2 is 2.12 bits per heavy atom. The molecule has 3 N–H and O–H groups in total. The zero-order valence-corrected chi connectivity index (χ0v) is 14.4. The number of urea groups is 1. The number of ether oxygens (including phenoxy) is 1. The summed E-state index contributed by atoms with van der Waals surface area (Å²) < 4.78 is 5.22. The maximum absolute atomic E-state index is 12.4. The first-order chi connectivity index (χ1) is 12.2. The molecule has 1 aliphatic rings. The van der Waals surface area contributed by atoms with Crippen LogP contribution in [-0.2, 0) is 6.54 Å². The van der Waals surface area contributed by atoms with Gasteiger partial charge in [0.05, 0.1) is 13.3 Å². The van der Waals surface area contributed by atoms with Crippen molar-refractivity contribution >= 4 is 6.03 Å². The Bertz CT molecular complexity index is 710.